The molecule has 0 aliphatic heterocycles. The predicted octanol–water partition coefficient (Wildman–Crippen LogP) is 5.37. The summed E-state index contributed by atoms with van der Waals surface area (Å²) < 4.78 is 19.2. The summed E-state index contributed by atoms with van der Waals surface area (Å²) >= 11 is 12.2. The lowest BCUT2D eigenvalue weighted by Crippen LogP contribution is -2.01. The smallest absolute Gasteiger partial charge is 0.170 e. The van der Waals surface area contributed by atoms with Crippen LogP contribution in [0.5, 0.6) is 0 Å². The molecule has 1 N–H and O–H groups in total. The van der Waals surface area contributed by atoms with Gasteiger partial charge in [0.25, 0.3) is 0 Å². The van der Waals surface area contributed by atoms with Gasteiger partial charge >= 0.3 is 0 Å². The summed E-state index contributed by atoms with van der Waals surface area (Å²) in [6, 6.07) is 8.03. The Hall–Kier alpha value is -1.78. The highest BCUT2D eigenvalue weighted by Crippen LogP contribution is 2.35. The highest BCUT2D eigenvalue weighted by atomic mass is 35.5. The van der Waals surface area contributed by atoms with E-state index in [1.54, 1.807) is 24.3 Å². The number of hydrogen-bond donors (Lipinski definition) is 1. The normalized spacial score (nSPS) is 11.0. The minimum absolute atomic E-state index is 0.185. The first kappa shape index (κ1) is 14.2. The van der Waals surface area contributed by atoms with Gasteiger partial charge in [-0.3, -0.25) is 0 Å². The van der Waals surface area contributed by atoms with Gasteiger partial charge in [-0.15, -0.1) is 0 Å². The minimum Gasteiger partial charge on any atom is -0.451 e. The molecule has 0 amide bonds. The summed E-state index contributed by atoms with van der Waals surface area (Å²) in [4.78, 5) is 4.37. The van der Waals surface area contributed by atoms with Gasteiger partial charge in [0.2, 0.25) is 0 Å². The highest BCUT2D eigenvalue weighted by molar-refractivity contribution is 6.37. The average Bonchev–Trinajstić information content (AvgIpc) is 2.87. The summed E-state index contributed by atoms with van der Waals surface area (Å²) in [5, 5.41) is 4.47. The van der Waals surface area contributed by atoms with Crippen LogP contribution in [0.4, 0.5) is 10.2 Å². The van der Waals surface area contributed by atoms with Crippen LogP contribution in [0.15, 0.2) is 34.7 Å². The molecule has 2 heterocycles. The van der Waals surface area contributed by atoms with Gasteiger partial charge in [-0.1, -0.05) is 35.3 Å². The first-order valence-corrected chi connectivity index (χ1v) is 7.14. The molecule has 3 nitrogen and oxygen atoms in total. The van der Waals surface area contributed by atoms with Gasteiger partial charge < -0.3 is 9.73 Å². The van der Waals surface area contributed by atoms with Crippen LogP contribution in [0.1, 0.15) is 6.92 Å². The van der Waals surface area contributed by atoms with Crippen LogP contribution < -0.4 is 5.32 Å². The maximum atomic E-state index is 13.7. The van der Waals surface area contributed by atoms with Gasteiger partial charge in [0, 0.05) is 11.9 Å². The molecule has 0 radical (unpaired) electrons. The summed E-state index contributed by atoms with van der Waals surface area (Å²) in [6.45, 7) is 2.60. The Labute approximate surface area is 130 Å². The molecule has 3 rings (SSSR count). The molecule has 108 valence electrons. The summed E-state index contributed by atoms with van der Waals surface area (Å²) in [7, 11) is 0. The topological polar surface area (TPSA) is 38.1 Å². The van der Waals surface area contributed by atoms with E-state index in [0.717, 1.165) is 0 Å². The fourth-order valence-electron chi connectivity index (χ4n) is 2.08. The van der Waals surface area contributed by atoms with E-state index >= 15 is 0 Å². The molecule has 0 bridgehead atoms. The van der Waals surface area contributed by atoms with E-state index in [2.05, 4.69) is 10.3 Å². The molecule has 0 unspecified atom stereocenters. The van der Waals surface area contributed by atoms with Crippen LogP contribution in [0.3, 0.4) is 0 Å². The molecule has 0 aliphatic rings. The third kappa shape index (κ3) is 2.57. The molecular weight excluding hydrogens is 314 g/mol. The first-order valence-electron chi connectivity index (χ1n) is 6.38. The van der Waals surface area contributed by atoms with E-state index in [9.17, 15) is 4.39 Å². The number of rotatable bonds is 3. The van der Waals surface area contributed by atoms with Crippen LogP contribution in [-0.2, 0) is 0 Å². The van der Waals surface area contributed by atoms with Gasteiger partial charge in [-0.2, -0.15) is 0 Å². The molecule has 3 aromatic rings. The fourth-order valence-corrected chi connectivity index (χ4v) is 2.59. The van der Waals surface area contributed by atoms with Crippen LogP contribution in [0, 0.1) is 5.82 Å². The molecule has 0 aliphatic carbocycles. The number of aromatic nitrogens is 1. The first-order chi connectivity index (χ1) is 10.1. The highest BCUT2D eigenvalue weighted by Gasteiger charge is 2.16. The maximum Gasteiger partial charge on any atom is 0.170 e. The lowest BCUT2D eigenvalue weighted by molar-refractivity contribution is 0.567. The third-order valence-electron chi connectivity index (χ3n) is 3.00. The maximum absolute atomic E-state index is 13.7. The van der Waals surface area contributed by atoms with Crippen LogP contribution in [0.2, 0.25) is 10.0 Å². The minimum atomic E-state index is -0.421. The SMILES string of the molecule is CCNc1nc(-c2cc3cccc(F)c3o2)c(Cl)cc1Cl. The van der Waals surface area contributed by atoms with Gasteiger partial charge in [-0.05, 0) is 25.1 Å². The Morgan fingerprint density at radius 1 is 1.24 bits per heavy atom. The second-order valence-electron chi connectivity index (χ2n) is 4.45. The summed E-state index contributed by atoms with van der Waals surface area (Å²) in [6.07, 6.45) is 0. The predicted molar refractivity (Wildman–Crippen MR) is 83.6 cm³/mol. The van der Waals surface area contributed by atoms with Crippen molar-refractivity contribution in [2.24, 2.45) is 0 Å². The van der Waals surface area contributed by atoms with Crippen molar-refractivity contribution >= 4 is 40.0 Å². The monoisotopic (exact) mass is 324 g/mol. The molecule has 1 aromatic carbocycles. The van der Waals surface area contributed by atoms with Crippen LogP contribution in [0.25, 0.3) is 22.4 Å². The largest absolute Gasteiger partial charge is 0.451 e. The van der Waals surface area contributed by atoms with Crippen molar-refractivity contribution in [1.82, 2.24) is 4.98 Å². The zero-order valence-corrected chi connectivity index (χ0v) is 12.6. The number of fused-ring (bicyclic) bond motifs is 1. The van der Waals surface area contributed by atoms with E-state index in [1.165, 1.54) is 6.07 Å². The van der Waals surface area contributed by atoms with E-state index in [4.69, 9.17) is 27.6 Å². The molecule has 0 spiro atoms. The number of para-hydroxylation sites is 1. The van der Waals surface area contributed by atoms with Gasteiger partial charge in [-0.25, -0.2) is 9.37 Å². The van der Waals surface area contributed by atoms with Crippen molar-refractivity contribution in [3.63, 3.8) is 0 Å². The Morgan fingerprint density at radius 2 is 2.05 bits per heavy atom. The molecule has 0 saturated carbocycles. The van der Waals surface area contributed by atoms with Crippen molar-refractivity contribution in [2.75, 3.05) is 11.9 Å². The number of halogens is 3. The lowest BCUT2D eigenvalue weighted by atomic mass is 10.2. The molecule has 6 heteroatoms. The van der Waals surface area contributed by atoms with Crippen molar-refractivity contribution in [1.29, 1.82) is 0 Å². The zero-order chi connectivity index (χ0) is 15.0. The Bertz CT molecular complexity index is 817. The molecule has 21 heavy (non-hydrogen) atoms. The number of anilines is 1. The molecule has 0 saturated heterocycles. The van der Waals surface area contributed by atoms with Crippen molar-refractivity contribution in [3.8, 4) is 11.5 Å². The number of furan rings is 1. The van der Waals surface area contributed by atoms with E-state index in [0.29, 0.717) is 39.2 Å². The molecular formula is C15H11Cl2FN2O. The van der Waals surface area contributed by atoms with Gasteiger partial charge in [0.1, 0.15) is 11.5 Å². The second-order valence-corrected chi connectivity index (χ2v) is 5.26. The molecule has 0 fully saturated rings. The Kier molecular flexibility index (Phi) is 3.74. The van der Waals surface area contributed by atoms with E-state index < -0.39 is 5.82 Å². The number of nitrogens with one attached hydrogen (secondary N) is 1. The quantitative estimate of drug-likeness (QED) is 0.703. The van der Waals surface area contributed by atoms with Crippen LogP contribution >= 0.6 is 23.2 Å². The van der Waals surface area contributed by atoms with E-state index in [1.807, 2.05) is 6.92 Å². The third-order valence-corrected chi connectivity index (χ3v) is 3.58. The average molecular weight is 325 g/mol. The fraction of sp³-hybridized carbons (Fsp3) is 0.133. The number of benzene rings is 1. The standard InChI is InChI=1S/C15H11Cl2FN2O/c1-2-19-15-10(17)7-9(16)13(20-15)12-6-8-4-3-5-11(18)14(8)21-12/h3-7H,2H2,1H3,(H,19,20). The van der Waals surface area contributed by atoms with Gasteiger partial charge in [0.05, 0.1) is 10.0 Å². The van der Waals surface area contributed by atoms with E-state index in [-0.39, 0.29) is 5.58 Å². The lowest BCUT2D eigenvalue weighted by Gasteiger charge is -2.08. The summed E-state index contributed by atoms with van der Waals surface area (Å²) in [5.74, 6) is 0.492. The van der Waals surface area contributed by atoms with Crippen molar-refractivity contribution < 1.29 is 8.81 Å². The number of nitrogens with zero attached hydrogens (tertiary/aromatic N) is 1. The molecule has 2 aromatic heterocycles. The molecule has 0 atom stereocenters. The number of hydrogen-bond acceptors (Lipinski definition) is 3. The Morgan fingerprint density at radius 3 is 2.76 bits per heavy atom. The van der Waals surface area contributed by atoms with Crippen molar-refractivity contribution in [2.45, 2.75) is 6.92 Å². The van der Waals surface area contributed by atoms with Crippen molar-refractivity contribution in [3.05, 3.63) is 46.2 Å². The second kappa shape index (κ2) is 5.54. The Balaban J connectivity index is 2.17. The summed E-state index contributed by atoms with van der Waals surface area (Å²) in [5.41, 5.74) is 0.609. The number of pyridine rings is 1. The van der Waals surface area contributed by atoms with Gasteiger partial charge in [0.15, 0.2) is 17.2 Å². The zero-order valence-electron chi connectivity index (χ0n) is 11.1. The van der Waals surface area contributed by atoms with Crippen LogP contribution in [-0.4, -0.2) is 11.5 Å².